The van der Waals surface area contributed by atoms with E-state index in [9.17, 15) is 0 Å². The SMILES string of the molecule is Brc1cc2ccoc2o1.CC.CC.CC.CC.CC.CC.Cc1c(Br)oc2occc12.Cc1cc2c(C)c(Cl)oc2o1.Cc1cc2cc(Br)oc2o1.Cc1coc2oc(Br)cc12.Cc1oc2oc(Cl)cc2c1C. The van der Waals surface area contributed by atoms with Crippen molar-refractivity contribution in [3.05, 3.63) is 136 Å². The molecule has 0 aliphatic rings. The minimum atomic E-state index is 0.377. The van der Waals surface area contributed by atoms with Crippen LogP contribution < -0.4 is 0 Å². The van der Waals surface area contributed by atoms with Crippen molar-refractivity contribution in [2.75, 3.05) is 0 Å². The van der Waals surface area contributed by atoms with Crippen molar-refractivity contribution in [1.29, 1.82) is 0 Å². The molecule has 0 aliphatic heterocycles. The first-order valence-electron chi connectivity index (χ1n) is 23.9. The molecule has 0 fully saturated rings. The Kier molecular flexibility index (Phi) is 31.0. The van der Waals surface area contributed by atoms with Crippen molar-refractivity contribution < 1.29 is 53.0 Å². The van der Waals surface area contributed by atoms with E-state index >= 15 is 0 Å². The molecule has 0 N–H and O–H groups in total. The Morgan fingerprint density at radius 1 is 0.370 bits per heavy atom. The fraction of sp³-hybridized carbons (Fsp3) is 0.345. The highest BCUT2D eigenvalue weighted by Crippen LogP contribution is 2.33. The minimum Gasteiger partial charge on any atom is -0.433 e. The third-order valence-electron chi connectivity index (χ3n) is 8.92. The average Bonchev–Trinajstić information content (AvgIpc) is 4.25. The summed E-state index contributed by atoms with van der Waals surface area (Å²) in [5, 5.41) is 6.78. The summed E-state index contributed by atoms with van der Waals surface area (Å²) in [6.07, 6.45) is 4.90. The lowest BCUT2D eigenvalue weighted by Crippen LogP contribution is -1.67. The zero-order valence-corrected chi connectivity index (χ0v) is 52.9. The highest BCUT2D eigenvalue weighted by molar-refractivity contribution is 9.11. The van der Waals surface area contributed by atoms with Crippen LogP contribution in [0.2, 0.25) is 10.4 Å². The Morgan fingerprint density at radius 2 is 0.863 bits per heavy atom. The first-order chi connectivity index (χ1) is 35.0. The molecule has 18 heteroatoms. The molecular formula is C55H68Br4Cl2O12. The molecule has 0 atom stereocenters. The van der Waals surface area contributed by atoms with Crippen LogP contribution in [0.5, 0.6) is 0 Å². The molecule has 402 valence electrons. The van der Waals surface area contributed by atoms with E-state index in [1.807, 2.05) is 174 Å². The van der Waals surface area contributed by atoms with Gasteiger partial charge >= 0.3 is 0 Å². The first-order valence-corrected chi connectivity index (χ1v) is 27.8. The summed E-state index contributed by atoms with van der Waals surface area (Å²) >= 11 is 24.2. The minimum absolute atomic E-state index is 0.377. The van der Waals surface area contributed by atoms with Gasteiger partial charge in [0.05, 0.1) is 51.1 Å². The smallest absolute Gasteiger partial charge is 0.298 e. The molecule has 12 aromatic heterocycles. The lowest BCUT2D eigenvalue weighted by atomic mass is 10.2. The number of halogens is 6. The van der Waals surface area contributed by atoms with Gasteiger partial charge in [-0.3, -0.25) is 0 Å². The Balaban J connectivity index is 0.000000420. The van der Waals surface area contributed by atoms with Gasteiger partial charge in [0.15, 0.2) is 23.9 Å². The lowest BCUT2D eigenvalue weighted by Gasteiger charge is -1.82. The van der Waals surface area contributed by atoms with Gasteiger partial charge in [0, 0.05) is 41.0 Å². The average molecular weight is 1310 g/mol. The summed E-state index contributed by atoms with van der Waals surface area (Å²) in [6.45, 7) is 37.5. The largest absolute Gasteiger partial charge is 0.433 e. The highest BCUT2D eigenvalue weighted by Gasteiger charge is 2.13. The normalized spacial score (nSPS) is 9.71. The van der Waals surface area contributed by atoms with Crippen molar-refractivity contribution in [2.45, 2.75) is 132 Å². The summed E-state index contributed by atoms with van der Waals surface area (Å²) < 4.78 is 64.3. The van der Waals surface area contributed by atoms with Gasteiger partial charge in [0.2, 0.25) is 5.22 Å². The van der Waals surface area contributed by atoms with E-state index in [4.69, 9.17) is 76.2 Å². The van der Waals surface area contributed by atoms with E-state index in [1.54, 1.807) is 24.9 Å². The number of fused-ring (bicyclic) bond motifs is 6. The van der Waals surface area contributed by atoms with Crippen molar-refractivity contribution in [1.82, 2.24) is 0 Å². The van der Waals surface area contributed by atoms with Crippen LogP contribution in [0.15, 0.2) is 139 Å². The highest BCUT2D eigenvalue weighted by atomic mass is 79.9. The predicted molar refractivity (Wildman–Crippen MR) is 313 cm³/mol. The fourth-order valence-corrected chi connectivity index (χ4v) is 7.55. The Bertz CT molecular complexity index is 3170. The van der Waals surface area contributed by atoms with Crippen LogP contribution in [-0.4, -0.2) is 0 Å². The number of furan rings is 12. The maximum atomic E-state index is 5.72. The van der Waals surface area contributed by atoms with E-state index in [1.165, 1.54) is 0 Å². The third-order valence-corrected chi connectivity index (χ3v) is 11.4. The van der Waals surface area contributed by atoms with Crippen molar-refractivity contribution in [2.24, 2.45) is 0 Å². The lowest BCUT2D eigenvalue weighted by molar-refractivity contribution is 0.451. The van der Waals surface area contributed by atoms with Crippen LogP contribution in [0.1, 0.15) is 123 Å². The summed E-state index contributed by atoms with van der Waals surface area (Å²) in [7, 11) is 0. The number of aryl methyl sites for hydroxylation is 7. The first kappa shape index (κ1) is 66.4. The molecule has 0 aromatic carbocycles. The van der Waals surface area contributed by atoms with Crippen molar-refractivity contribution in [3.63, 3.8) is 0 Å². The molecular weight excluding hydrogens is 1240 g/mol. The topological polar surface area (TPSA) is 158 Å². The summed E-state index contributed by atoms with van der Waals surface area (Å²) in [4.78, 5) is 0. The van der Waals surface area contributed by atoms with Gasteiger partial charge in [-0.2, -0.15) is 0 Å². The van der Waals surface area contributed by atoms with Crippen LogP contribution in [0, 0.1) is 48.5 Å². The molecule has 12 aromatic rings. The molecule has 73 heavy (non-hydrogen) atoms. The Hall–Kier alpha value is -4.58. The number of rotatable bonds is 0. The molecule has 0 saturated carbocycles. The molecule has 0 radical (unpaired) electrons. The summed E-state index contributed by atoms with van der Waals surface area (Å²) in [6, 6.07) is 15.0. The summed E-state index contributed by atoms with van der Waals surface area (Å²) in [5.74, 6) is 5.98. The Labute approximate surface area is 470 Å². The zero-order valence-electron chi connectivity index (χ0n) is 45.0. The number of hydrogen-bond donors (Lipinski definition) is 0. The molecule has 0 saturated heterocycles. The maximum absolute atomic E-state index is 5.72. The van der Waals surface area contributed by atoms with E-state index in [0.717, 1.165) is 76.5 Å². The standard InChI is InChI=1S/2C8H7ClO2.3C7H5BrO2.C6H3BrO2.6C2H6/c1-4-5(2)10-8-6(4)3-7(9)11-8;1-4-3-6-5(2)7(9)11-8(6)10-4;1-4-3-9-7-5(4)2-6(8)10-7;1-4-2-5-3-6(8)10-7(5)9-4;1-4-5-2-3-9-7(5)10-6(4)8;7-5-3-4-1-2-8-6(4)9-5;6*1-2/h2*3H,1-2H3;3*2-3H,1H3;1-3H;6*1-2H3. The maximum Gasteiger partial charge on any atom is 0.298 e. The second kappa shape index (κ2) is 34.1. The molecule has 0 amide bonds. The molecule has 12 heterocycles. The molecule has 12 nitrogen and oxygen atoms in total. The molecule has 0 spiro atoms. The van der Waals surface area contributed by atoms with Gasteiger partial charge in [-0.15, -0.1) is 0 Å². The number of hydrogen-bond acceptors (Lipinski definition) is 12. The van der Waals surface area contributed by atoms with E-state index < -0.39 is 0 Å². The van der Waals surface area contributed by atoms with E-state index in [2.05, 4.69) is 63.7 Å². The van der Waals surface area contributed by atoms with Crippen LogP contribution in [-0.2, 0) is 0 Å². The van der Waals surface area contributed by atoms with E-state index in [0.29, 0.717) is 59.1 Å². The van der Waals surface area contributed by atoms with Crippen molar-refractivity contribution >= 4 is 154 Å². The quantitative estimate of drug-likeness (QED) is 0.142. The van der Waals surface area contributed by atoms with E-state index in [-0.39, 0.29) is 0 Å². The summed E-state index contributed by atoms with van der Waals surface area (Å²) in [5.41, 5.74) is 4.22. The van der Waals surface area contributed by atoms with Gasteiger partial charge in [0.25, 0.3) is 34.7 Å². The molecule has 0 aliphatic carbocycles. The van der Waals surface area contributed by atoms with Gasteiger partial charge in [-0.25, -0.2) is 0 Å². The molecule has 0 unspecified atom stereocenters. The third kappa shape index (κ3) is 18.6. The van der Waals surface area contributed by atoms with Crippen LogP contribution in [0.3, 0.4) is 0 Å². The van der Waals surface area contributed by atoms with Crippen LogP contribution >= 0.6 is 86.9 Å². The molecule has 12 rings (SSSR count). The second-order valence-electron chi connectivity index (χ2n) is 13.3. The fourth-order valence-electron chi connectivity index (χ4n) is 5.68. The van der Waals surface area contributed by atoms with Gasteiger partial charge in [-0.1, -0.05) is 83.1 Å². The van der Waals surface area contributed by atoms with Gasteiger partial charge in [-0.05, 0) is 165 Å². The zero-order chi connectivity index (χ0) is 55.7. The molecule has 0 bridgehead atoms. The predicted octanol–water partition coefficient (Wildman–Crippen LogP) is 24.8. The second-order valence-corrected chi connectivity index (χ2v) is 17.0. The monoisotopic (exact) mass is 1310 g/mol. The Morgan fingerprint density at radius 3 is 1.42 bits per heavy atom. The van der Waals surface area contributed by atoms with Gasteiger partial charge < -0.3 is 53.0 Å². The van der Waals surface area contributed by atoms with Crippen molar-refractivity contribution in [3.8, 4) is 0 Å². The van der Waals surface area contributed by atoms with Gasteiger partial charge in [0.1, 0.15) is 17.3 Å². The van der Waals surface area contributed by atoms with Crippen LogP contribution in [0.4, 0.5) is 0 Å². The van der Waals surface area contributed by atoms with Crippen LogP contribution in [0.25, 0.3) is 67.0 Å².